The minimum absolute atomic E-state index is 0.0356. The summed E-state index contributed by atoms with van der Waals surface area (Å²) in [5.41, 5.74) is 3.34. The molecule has 0 unspecified atom stereocenters. The first-order valence-corrected chi connectivity index (χ1v) is 11.2. The summed E-state index contributed by atoms with van der Waals surface area (Å²) >= 11 is 1.42. The van der Waals surface area contributed by atoms with E-state index in [2.05, 4.69) is 58.2 Å². The van der Waals surface area contributed by atoms with E-state index in [0.717, 1.165) is 36.1 Å². The lowest BCUT2D eigenvalue weighted by molar-refractivity contribution is -0.113. The van der Waals surface area contributed by atoms with Crippen molar-refractivity contribution >= 4 is 23.4 Å². The van der Waals surface area contributed by atoms with Crippen LogP contribution in [0.2, 0.25) is 0 Å². The number of carbonyl (C=O) groups is 1. The lowest BCUT2D eigenvalue weighted by atomic mass is 10.1. The number of unbranched alkanes of at least 4 members (excludes halogenated alkanes) is 1. The van der Waals surface area contributed by atoms with E-state index in [1.807, 2.05) is 30.3 Å². The molecular formula is C23H28N4OS. The Balaban J connectivity index is 1.54. The summed E-state index contributed by atoms with van der Waals surface area (Å²) in [4.78, 5) is 12.4. The molecule has 0 bridgehead atoms. The molecule has 1 amide bonds. The number of carbonyl (C=O) groups excluding carboxylic acids is 1. The Morgan fingerprint density at radius 3 is 2.45 bits per heavy atom. The quantitative estimate of drug-likeness (QED) is 0.482. The fraction of sp³-hybridized carbons (Fsp3) is 0.348. The molecule has 0 aliphatic heterocycles. The minimum Gasteiger partial charge on any atom is -0.325 e. The molecule has 0 saturated carbocycles. The molecule has 0 saturated heterocycles. The first-order chi connectivity index (χ1) is 14.2. The maximum Gasteiger partial charge on any atom is 0.234 e. The maximum absolute atomic E-state index is 12.4. The van der Waals surface area contributed by atoms with E-state index in [4.69, 9.17) is 0 Å². The van der Waals surface area contributed by atoms with Gasteiger partial charge in [0.05, 0.1) is 5.75 Å². The third-order valence-corrected chi connectivity index (χ3v) is 5.67. The summed E-state index contributed by atoms with van der Waals surface area (Å²) < 4.78 is 2.08. The number of nitrogens with one attached hydrogen (secondary N) is 1. The Morgan fingerprint density at radius 2 is 1.76 bits per heavy atom. The summed E-state index contributed by atoms with van der Waals surface area (Å²) in [6, 6.07) is 18.3. The maximum atomic E-state index is 12.4. The van der Waals surface area contributed by atoms with Crippen LogP contribution in [0.25, 0.3) is 0 Å². The van der Waals surface area contributed by atoms with Gasteiger partial charge in [-0.2, -0.15) is 0 Å². The standard InChI is InChI=1S/C23H28N4OS/c1-3-5-9-18-12-14-20(15-13-18)24-22(28)17-29-23-26-25-21(27(23)4-2)16-19-10-7-6-8-11-19/h6-8,10-15H,3-5,9,16-17H2,1-2H3,(H,24,28). The molecule has 0 aliphatic carbocycles. The predicted octanol–water partition coefficient (Wildman–Crippen LogP) is 4.96. The number of rotatable bonds is 10. The van der Waals surface area contributed by atoms with Crippen LogP contribution in [0.4, 0.5) is 5.69 Å². The van der Waals surface area contributed by atoms with Crippen molar-refractivity contribution in [3.8, 4) is 0 Å². The average Bonchev–Trinajstić information content (AvgIpc) is 3.14. The Kier molecular flexibility index (Phi) is 7.87. The predicted molar refractivity (Wildman–Crippen MR) is 119 cm³/mol. The SMILES string of the molecule is CCCCc1ccc(NC(=O)CSc2nnc(Cc3ccccc3)n2CC)cc1. The molecule has 152 valence electrons. The van der Waals surface area contributed by atoms with E-state index in [1.165, 1.54) is 35.7 Å². The number of aromatic nitrogens is 3. The number of thioether (sulfide) groups is 1. The van der Waals surface area contributed by atoms with Crippen LogP contribution in [0.15, 0.2) is 59.8 Å². The minimum atomic E-state index is -0.0356. The first kappa shape index (κ1) is 21.1. The van der Waals surface area contributed by atoms with Crippen LogP contribution < -0.4 is 5.32 Å². The molecule has 1 aromatic heterocycles. The fourth-order valence-corrected chi connectivity index (χ4v) is 3.94. The molecule has 3 aromatic rings. The number of hydrogen-bond donors (Lipinski definition) is 1. The summed E-state index contributed by atoms with van der Waals surface area (Å²) in [5, 5.41) is 12.4. The first-order valence-electron chi connectivity index (χ1n) is 10.2. The van der Waals surface area contributed by atoms with Crippen LogP contribution in [0.3, 0.4) is 0 Å². The van der Waals surface area contributed by atoms with Gasteiger partial charge in [0, 0.05) is 18.7 Å². The van der Waals surface area contributed by atoms with Gasteiger partial charge in [-0.15, -0.1) is 10.2 Å². The van der Waals surface area contributed by atoms with E-state index < -0.39 is 0 Å². The molecule has 29 heavy (non-hydrogen) atoms. The third kappa shape index (κ3) is 6.19. The van der Waals surface area contributed by atoms with Crippen molar-refractivity contribution in [3.05, 3.63) is 71.5 Å². The lowest BCUT2D eigenvalue weighted by Crippen LogP contribution is -2.14. The Bertz CT molecular complexity index is 906. The highest BCUT2D eigenvalue weighted by Gasteiger charge is 2.13. The Morgan fingerprint density at radius 1 is 1.00 bits per heavy atom. The largest absolute Gasteiger partial charge is 0.325 e. The van der Waals surface area contributed by atoms with Gasteiger partial charge in [0.1, 0.15) is 5.82 Å². The van der Waals surface area contributed by atoms with Crippen molar-refractivity contribution in [2.45, 2.75) is 51.2 Å². The van der Waals surface area contributed by atoms with E-state index in [-0.39, 0.29) is 5.91 Å². The highest BCUT2D eigenvalue weighted by atomic mass is 32.2. The van der Waals surface area contributed by atoms with Gasteiger partial charge in [0.2, 0.25) is 5.91 Å². The highest BCUT2D eigenvalue weighted by Crippen LogP contribution is 2.19. The van der Waals surface area contributed by atoms with Gasteiger partial charge < -0.3 is 9.88 Å². The normalized spacial score (nSPS) is 10.8. The molecule has 2 aromatic carbocycles. The van der Waals surface area contributed by atoms with E-state index in [0.29, 0.717) is 5.75 Å². The zero-order chi connectivity index (χ0) is 20.5. The molecular weight excluding hydrogens is 380 g/mol. The number of benzene rings is 2. The fourth-order valence-electron chi connectivity index (χ4n) is 3.12. The van der Waals surface area contributed by atoms with E-state index in [1.54, 1.807) is 0 Å². The zero-order valence-electron chi connectivity index (χ0n) is 17.1. The molecule has 3 rings (SSSR count). The highest BCUT2D eigenvalue weighted by molar-refractivity contribution is 7.99. The van der Waals surface area contributed by atoms with Gasteiger partial charge in [0.25, 0.3) is 0 Å². The smallest absolute Gasteiger partial charge is 0.234 e. The molecule has 0 atom stereocenters. The van der Waals surface area contributed by atoms with Crippen molar-refractivity contribution in [3.63, 3.8) is 0 Å². The average molecular weight is 409 g/mol. The summed E-state index contributed by atoms with van der Waals surface area (Å²) in [6.45, 7) is 5.04. The zero-order valence-corrected chi connectivity index (χ0v) is 17.9. The molecule has 6 heteroatoms. The molecule has 0 spiro atoms. The molecule has 0 radical (unpaired) electrons. The Hall–Kier alpha value is -2.60. The monoisotopic (exact) mass is 408 g/mol. The van der Waals surface area contributed by atoms with Gasteiger partial charge in [-0.3, -0.25) is 4.79 Å². The molecule has 1 heterocycles. The van der Waals surface area contributed by atoms with Gasteiger partial charge in [-0.25, -0.2) is 0 Å². The summed E-state index contributed by atoms with van der Waals surface area (Å²) in [5.74, 6) is 1.19. The second-order valence-electron chi connectivity index (χ2n) is 6.94. The number of nitrogens with zero attached hydrogens (tertiary/aromatic N) is 3. The lowest BCUT2D eigenvalue weighted by Gasteiger charge is -2.08. The number of aryl methyl sites for hydroxylation is 1. The number of amides is 1. The van der Waals surface area contributed by atoms with Crippen molar-refractivity contribution in [1.82, 2.24) is 14.8 Å². The topological polar surface area (TPSA) is 59.8 Å². The van der Waals surface area contributed by atoms with Crippen LogP contribution >= 0.6 is 11.8 Å². The number of hydrogen-bond acceptors (Lipinski definition) is 4. The second kappa shape index (κ2) is 10.8. The second-order valence-corrected chi connectivity index (χ2v) is 7.89. The van der Waals surface area contributed by atoms with Gasteiger partial charge in [-0.05, 0) is 43.0 Å². The van der Waals surface area contributed by atoms with Crippen LogP contribution in [0.1, 0.15) is 43.6 Å². The Labute approximate surface area is 176 Å². The van der Waals surface area contributed by atoms with Crippen molar-refractivity contribution in [2.75, 3.05) is 11.1 Å². The number of anilines is 1. The van der Waals surface area contributed by atoms with Crippen LogP contribution in [0, 0.1) is 0 Å². The van der Waals surface area contributed by atoms with Gasteiger partial charge >= 0.3 is 0 Å². The van der Waals surface area contributed by atoms with Crippen molar-refractivity contribution in [2.24, 2.45) is 0 Å². The van der Waals surface area contributed by atoms with E-state index >= 15 is 0 Å². The summed E-state index contributed by atoms with van der Waals surface area (Å²) in [6.07, 6.45) is 4.19. The summed E-state index contributed by atoms with van der Waals surface area (Å²) in [7, 11) is 0. The van der Waals surface area contributed by atoms with Crippen molar-refractivity contribution in [1.29, 1.82) is 0 Å². The molecule has 5 nitrogen and oxygen atoms in total. The van der Waals surface area contributed by atoms with Crippen LogP contribution in [-0.4, -0.2) is 26.4 Å². The molecule has 0 fully saturated rings. The van der Waals surface area contributed by atoms with E-state index in [9.17, 15) is 4.79 Å². The molecule has 1 N–H and O–H groups in total. The van der Waals surface area contributed by atoms with Crippen LogP contribution in [0.5, 0.6) is 0 Å². The molecule has 0 aliphatic rings. The van der Waals surface area contributed by atoms with Gasteiger partial charge in [0.15, 0.2) is 5.16 Å². The van der Waals surface area contributed by atoms with Crippen LogP contribution in [-0.2, 0) is 24.2 Å². The third-order valence-electron chi connectivity index (χ3n) is 4.70. The van der Waals surface area contributed by atoms with Gasteiger partial charge in [-0.1, -0.05) is 67.6 Å². The van der Waals surface area contributed by atoms with Crippen molar-refractivity contribution < 1.29 is 4.79 Å².